The van der Waals surface area contributed by atoms with Crippen LogP contribution < -0.4 is 5.32 Å². The van der Waals surface area contributed by atoms with Crippen molar-refractivity contribution >= 4 is 27.7 Å². The van der Waals surface area contributed by atoms with Crippen LogP contribution in [0.25, 0.3) is 0 Å². The Morgan fingerprint density at radius 2 is 2.14 bits per heavy atom. The summed E-state index contributed by atoms with van der Waals surface area (Å²) in [5, 5.41) is 2.81. The zero-order valence-corrected chi connectivity index (χ0v) is 13.7. The lowest BCUT2D eigenvalue weighted by Gasteiger charge is -2.29. The third kappa shape index (κ3) is 3.99. The maximum atomic E-state index is 12.3. The molecule has 0 saturated carbocycles. The normalized spacial score (nSPS) is 15.5. The average Bonchev–Trinajstić information content (AvgIpc) is 2.41. The van der Waals surface area contributed by atoms with Gasteiger partial charge < -0.3 is 5.32 Å². The lowest BCUT2D eigenvalue weighted by molar-refractivity contribution is 0.0953. The van der Waals surface area contributed by atoms with Crippen molar-refractivity contribution in [2.75, 3.05) is 31.6 Å². The highest BCUT2D eigenvalue weighted by Crippen LogP contribution is 2.21. The maximum absolute atomic E-state index is 12.3. The average molecular weight is 328 g/mol. The van der Waals surface area contributed by atoms with Gasteiger partial charge >= 0.3 is 0 Å². The number of benzene rings is 1. The first-order valence-electron chi connectivity index (χ1n) is 6.93. The molecule has 1 amide bonds. The minimum absolute atomic E-state index is 0.193. The molecule has 21 heavy (non-hydrogen) atoms. The van der Waals surface area contributed by atoms with E-state index < -0.39 is 10.0 Å². The van der Waals surface area contributed by atoms with E-state index in [0.717, 1.165) is 18.6 Å². The molecular formula is C14H20N2O3S2. The van der Waals surface area contributed by atoms with E-state index in [0.29, 0.717) is 25.2 Å². The van der Waals surface area contributed by atoms with Gasteiger partial charge in [-0.1, -0.05) is 6.07 Å². The number of rotatable bonds is 7. The van der Waals surface area contributed by atoms with Gasteiger partial charge in [0.15, 0.2) is 0 Å². The standard InChI is InChI=1S/C14H20N2O3S2/c1-20-10-3-7-15-14(17)12-5-2-6-13(11-12)21(18,19)16-8-4-9-16/h2,5-6,11H,3-4,7-10H2,1H3,(H,15,17). The smallest absolute Gasteiger partial charge is 0.251 e. The second-order valence-electron chi connectivity index (χ2n) is 4.89. The van der Waals surface area contributed by atoms with Crippen LogP contribution in [0.5, 0.6) is 0 Å². The molecule has 5 nitrogen and oxygen atoms in total. The lowest BCUT2D eigenvalue weighted by atomic mass is 10.2. The molecule has 0 bridgehead atoms. The maximum Gasteiger partial charge on any atom is 0.251 e. The number of sulfonamides is 1. The number of nitrogens with zero attached hydrogens (tertiary/aromatic N) is 1. The zero-order valence-electron chi connectivity index (χ0n) is 12.0. The second-order valence-corrected chi connectivity index (χ2v) is 7.81. The number of amides is 1. The molecule has 0 unspecified atom stereocenters. The van der Waals surface area contributed by atoms with Gasteiger partial charge in [-0.15, -0.1) is 0 Å². The van der Waals surface area contributed by atoms with Gasteiger partial charge in [-0.3, -0.25) is 4.79 Å². The van der Waals surface area contributed by atoms with Crippen LogP contribution in [0.1, 0.15) is 23.2 Å². The van der Waals surface area contributed by atoms with Crippen molar-refractivity contribution < 1.29 is 13.2 Å². The van der Waals surface area contributed by atoms with Crippen molar-refractivity contribution in [1.29, 1.82) is 0 Å². The molecule has 0 radical (unpaired) electrons. The van der Waals surface area contributed by atoms with Gasteiger partial charge in [0.2, 0.25) is 10.0 Å². The number of hydrogen-bond donors (Lipinski definition) is 1. The molecule has 1 saturated heterocycles. The fraction of sp³-hybridized carbons (Fsp3) is 0.500. The number of nitrogens with one attached hydrogen (secondary N) is 1. The summed E-state index contributed by atoms with van der Waals surface area (Å²) in [5.74, 6) is 0.765. The molecule has 0 aliphatic carbocycles. The summed E-state index contributed by atoms with van der Waals surface area (Å²) in [7, 11) is -3.44. The molecule has 116 valence electrons. The van der Waals surface area contributed by atoms with Crippen LogP contribution >= 0.6 is 11.8 Å². The summed E-state index contributed by atoms with van der Waals surface area (Å²) in [4.78, 5) is 12.2. The van der Waals surface area contributed by atoms with Gasteiger partial charge in [0.05, 0.1) is 4.90 Å². The predicted molar refractivity (Wildman–Crippen MR) is 85.2 cm³/mol. The van der Waals surface area contributed by atoms with Crippen molar-refractivity contribution in [1.82, 2.24) is 9.62 Å². The van der Waals surface area contributed by atoms with Gasteiger partial charge in [-0.2, -0.15) is 16.1 Å². The van der Waals surface area contributed by atoms with Gasteiger partial charge in [0.25, 0.3) is 5.91 Å². The monoisotopic (exact) mass is 328 g/mol. The SMILES string of the molecule is CSCCCNC(=O)c1cccc(S(=O)(=O)N2CCC2)c1. The van der Waals surface area contributed by atoms with Crippen molar-refractivity contribution in [2.45, 2.75) is 17.7 Å². The number of hydrogen-bond acceptors (Lipinski definition) is 4. The van der Waals surface area contributed by atoms with E-state index in [1.165, 1.54) is 16.4 Å². The Bertz CT molecular complexity index is 598. The van der Waals surface area contributed by atoms with Crippen LogP contribution in [0, 0.1) is 0 Å². The molecule has 0 spiro atoms. The number of carbonyl (C=O) groups excluding carboxylic acids is 1. The first-order chi connectivity index (χ1) is 10.1. The number of thioether (sulfide) groups is 1. The minimum Gasteiger partial charge on any atom is -0.352 e. The van der Waals surface area contributed by atoms with Crippen LogP contribution in [0.2, 0.25) is 0 Å². The van der Waals surface area contributed by atoms with E-state index in [1.54, 1.807) is 23.9 Å². The van der Waals surface area contributed by atoms with E-state index in [9.17, 15) is 13.2 Å². The first-order valence-corrected chi connectivity index (χ1v) is 9.76. The fourth-order valence-electron chi connectivity index (χ4n) is 1.99. The van der Waals surface area contributed by atoms with E-state index in [4.69, 9.17) is 0 Å². The van der Waals surface area contributed by atoms with E-state index in [2.05, 4.69) is 5.32 Å². The molecule has 7 heteroatoms. The summed E-state index contributed by atoms with van der Waals surface area (Å²) in [6, 6.07) is 6.25. The Morgan fingerprint density at radius 1 is 1.38 bits per heavy atom. The minimum atomic E-state index is -3.44. The molecule has 1 aliphatic heterocycles. The Hall–Kier alpha value is -1.05. The summed E-state index contributed by atoms with van der Waals surface area (Å²) < 4.78 is 26.0. The molecule has 1 heterocycles. The topological polar surface area (TPSA) is 66.5 Å². The van der Waals surface area contributed by atoms with E-state index in [1.807, 2.05) is 6.26 Å². The van der Waals surface area contributed by atoms with Crippen LogP contribution in [-0.2, 0) is 10.0 Å². The van der Waals surface area contributed by atoms with Crippen LogP contribution in [0.3, 0.4) is 0 Å². The molecule has 1 N–H and O–H groups in total. The van der Waals surface area contributed by atoms with Gasteiger partial charge in [0, 0.05) is 25.2 Å². The molecule has 1 aromatic rings. The highest BCUT2D eigenvalue weighted by Gasteiger charge is 2.29. The predicted octanol–water partition coefficient (Wildman–Crippen LogP) is 1.56. The Labute approximate surface area is 130 Å². The van der Waals surface area contributed by atoms with Gasteiger partial charge in [-0.25, -0.2) is 8.42 Å². The highest BCUT2D eigenvalue weighted by molar-refractivity contribution is 7.98. The van der Waals surface area contributed by atoms with Crippen molar-refractivity contribution in [3.63, 3.8) is 0 Å². The summed E-state index contributed by atoms with van der Waals surface area (Å²) in [6.45, 7) is 1.73. The molecule has 2 rings (SSSR count). The summed E-state index contributed by atoms with van der Waals surface area (Å²) >= 11 is 1.73. The third-order valence-corrected chi connectivity index (χ3v) is 5.95. The summed E-state index contributed by atoms with van der Waals surface area (Å²) in [5.41, 5.74) is 0.390. The molecular weight excluding hydrogens is 308 g/mol. The van der Waals surface area contributed by atoms with Gasteiger partial charge in [0.1, 0.15) is 0 Å². The van der Waals surface area contributed by atoms with Gasteiger partial charge in [-0.05, 0) is 43.0 Å². The number of carbonyl (C=O) groups is 1. The van der Waals surface area contributed by atoms with Crippen LogP contribution in [-0.4, -0.2) is 50.3 Å². The Balaban J connectivity index is 2.05. The van der Waals surface area contributed by atoms with Crippen molar-refractivity contribution in [3.05, 3.63) is 29.8 Å². The molecule has 1 fully saturated rings. The fourth-order valence-corrected chi connectivity index (χ4v) is 3.99. The van der Waals surface area contributed by atoms with Crippen LogP contribution in [0.4, 0.5) is 0 Å². The zero-order chi connectivity index (χ0) is 15.3. The molecule has 1 aliphatic rings. The highest BCUT2D eigenvalue weighted by atomic mass is 32.2. The van der Waals surface area contributed by atoms with E-state index in [-0.39, 0.29) is 10.8 Å². The van der Waals surface area contributed by atoms with E-state index >= 15 is 0 Å². The largest absolute Gasteiger partial charge is 0.352 e. The molecule has 0 aromatic heterocycles. The quantitative estimate of drug-likeness (QED) is 0.772. The van der Waals surface area contributed by atoms with Crippen molar-refractivity contribution in [3.8, 4) is 0 Å². The Kier molecular flexibility index (Phi) is 5.66. The van der Waals surface area contributed by atoms with Crippen LogP contribution in [0.15, 0.2) is 29.2 Å². The summed E-state index contributed by atoms with van der Waals surface area (Å²) in [6.07, 6.45) is 3.82. The first kappa shape index (κ1) is 16.3. The molecule has 1 aromatic carbocycles. The second kappa shape index (κ2) is 7.29. The Morgan fingerprint density at radius 3 is 2.76 bits per heavy atom. The lowest BCUT2D eigenvalue weighted by Crippen LogP contribution is -2.41. The third-order valence-electron chi connectivity index (χ3n) is 3.36. The molecule has 0 atom stereocenters. The van der Waals surface area contributed by atoms with Crippen molar-refractivity contribution in [2.24, 2.45) is 0 Å².